The molecule has 0 saturated carbocycles. The third-order valence-electron chi connectivity index (χ3n) is 4.70. The smallest absolute Gasteiger partial charge is 0.306 e. The van der Waals surface area contributed by atoms with Crippen molar-refractivity contribution in [2.75, 3.05) is 0 Å². The molecule has 1 N–H and O–H groups in total. The molecule has 4 heteroatoms. The maximum atomic E-state index is 12.4. The second kappa shape index (κ2) is 6.57. The molecule has 23 heavy (non-hydrogen) atoms. The Labute approximate surface area is 135 Å². The first-order valence-corrected chi connectivity index (χ1v) is 8.40. The van der Waals surface area contributed by atoms with E-state index >= 15 is 0 Å². The second-order valence-electron chi connectivity index (χ2n) is 6.37. The van der Waals surface area contributed by atoms with Gasteiger partial charge in [0.1, 0.15) is 11.3 Å². The van der Waals surface area contributed by atoms with Crippen LogP contribution in [-0.2, 0) is 17.6 Å². The van der Waals surface area contributed by atoms with E-state index in [0.717, 1.165) is 42.4 Å². The van der Waals surface area contributed by atoms with Gasteiger partial charge >= 0.3 is 5.97 Å². The van der Waals surface area contributed by atoms with E-state index in [1.54, 1.807) is 12.1 Å². The average Bonchev–Trinajstić information content (AvgIpc) is 2.91. The summed E-state index contributed by atoms with van der Waals surface area (Å²) in [5, 5.41) is 10.3. The number of carboxylic acids is 1. The molecule has 3 rings (SSSR count). The number of hydrogen-bond acceptors (Lipinski definition) is 3. The number of benzene rings is 1. The molecule has 1 heterocycles. The minimum Gasteiger partial charge on any atom is -0.481 e. The molecule has 0 saturated heterocycles. The molecule has 1 atom stereocenters. The number of aryl methyl sites for hydroxylation is 2. The van der Waals surface area contributed by atoms with Crippen molar-refractivity contribution in [3.05, 3.63) is 35.1 Å². The predicted octanol–water partition coefficient (Wildman–Crippen LogP) is 4.39. The number of hydrogen-bond donors (Lipinski definition) is 1. The van der Waals surface area contributed by atoms with Crippen LogP contribution in [0.5, 0.6) is 0 Å². The molecular formula is C19H22O4. The number of Topliss-reactive ketones (excluding diaryl/α,β-unsaturated/α-hetero) is 1. The Morgan fingerprint density at radius 2 is 2.04 bits per heavy atom. The van der Waals surface area contributed by atoms with Crippen LogP contribution in [0.2, 0.25) is 0 Å². The predicted molar refractivity (Wildman–Crippen MR) is 87.8 cm³/mol. The zero-order chi connectivity index (χ0) is 16.4. The summed E-state index contributed by atoms with van der Waals surface area (Å²) in [6.07, 6.45) is 5.66. The fraction of sp³-hybridized carbons (Fsp3) is 0.474. The first kappa shape index (κ1) is 15.8. The summed E-state index contributed by atoms with van der Waals surface area (Å²) in [4.78, 5) is 23.6. The molecule has 4 nitrogen and oxygen atoms in total. The molecule has 1 unspecified atom stereocenters. The van der Waals surface area contributed by atoms with Crippen LogP contribution < -0.4 is 0 Å². The van der Waals surface area contributed by atoms with Gasteiger partial charge in [-0.15, -0.1) is 0 Å². The van der Waals surface area contributed by atoms with Crippen molar-refractivity contribution < 1.29 is 19.1 Å². The van der Waals surface area contributed by atoms with Gasteiger partial charge in [0.2, 0.25) is 0 Å². The Bertz CT molecular complexity index is 741. The number of carboxylic acid groups (broad SMARTS) is 1. The molecule has 0 fully saturated rings. The molecule has 1 aliphatic rings. The van der Waals surface area contributed by atoms with E-state index in [2.05, 4.69) is 0 Å². The molecule has 0 bridgehead atoms. The van der Waals surface area contributed by atoms with Gasteiger partial charge in [0.05, 0.1) is 5.92 Å². The highest BCUT2D eigenvalue weighted by Gasteiger charge is 2.23. The van der Waals surface area contributed by atoms with Crippen LogP contribution >= 0.6 is 0 Å². The Hall–Kier alpha value is -2.10. The fourth-order valence-corrected chi connectivity index (χ4v) is 3.44. The summed E-state index contributed by atoms with van der Waals surface area (Å²) < 4.78 is 5.91. The van der Waals surface area contributed by atoms with Crippen molar-refractivity contribution in [1.29, 1.82) is 0 Å². The highest BCUT2D eigenvalue weighted by atomic mass is 16.4. The molecular weight excluding hydrogens is 292 g/mol. The largest absolute Gasteiger partial charge is 0.481 e. The van der Waals surface area contributed by atoms with Gasteiger partial charge in [-0.2, -0.15) is 0 Å². The van der Waals surface area contributed by atoms with Crippen LogP contribution in [-0.4, -0.2) is 16.9 Å². The highest BCUT2D eigenvalue weighted by molar-refractivity contribution is 6.01. The molecule has 0 aliphatic heterocycles. The van der Waals surface area contributed by atoms with Gasteiger partial charge in [-0.1, -0.05) is 25.5 Å². The van der Waals surface area contributed by atoms with E-state index < -0.39 is 11.9 Å². The third-order valence-corrected chi connectivity index (χ3v) is 4.70. The molecule has 0 amide bonds. The average molecular weight is 314 g/mol. The van der Waals surface area contributed by atoms with Gasteiger partial charge in [0, 0.05) is 29.4 Å². The van der Waals surface area contributed by atoms with Crippen LogP contribution in [0.15, 0.2) is 22.6 Å². The molecule has 122 valence electrons. The zero-order valence-electron chi connectivity index (χ0n) is 13.4. The molecule has 1 aromatic carbocycles. The van der Waals surface area contributed by atoms with E-state index in [1.165, 1.54) is 12.0 Å². The van der Waals surface area contributed by atoms with Crippen molar-refractivity contribution in [1.82, 2.24) is 0 Å². The monoisotopic (exact) mass is 314 g/mol. The second-order valence-corrected chi connectivity index (χ2v) is 6.37. The number of aliphatic carboxylic acids is 1. The number of ketones is 1. The SMILES string of the molecule is CCCC(CC(=O)c1ccc2c3c(oc2c1)CCCC3)C(=O)O. The van der Waals surface area contributed by atoms with Crippen molar-refractivity contribution >= 4 is 22.7 Å². The molecule has 0 radical (unpaired) electrons. The van der Waals surface area contributed by atoms with Gasteiger partial charge in [-0.05, 0) is 31.7 Å². The number of carbonyl (C=O) groups excluding carboxylic acids is 1. The van der Waals surface area contributed by atoms with Crippen molar-refractivity contribution in [3.63, 3.8) is 0 Å². The van der Waals surface area contributed by atoms with Gasteiger partial charge in [0.25, 0.3) is 0 Å². The van der Waals surface area contributed by atoms with Crippen molar-refractivity contribution in [2.45, 2.75) is 51.9 Å². The summed E-state index contributed by atoms with van der Waals surface area (Å²) in [6.45, 7) is 1.93. The normalized spacial score (nSPS) is 15.3. The van der Waals surface area contributed by atoms with Crippen LogP contribution in [0.1, 0.15) is 60.7 Å². The van der Waals surface area contributed by atoms with Crippen LogP contribution in [0.3, 0.4) is 0 Å². The van der Waals surface area contributed by atoms with E-state index in [4.69, 9.17) is 4.42 Å². The number of furan rings is 1. The summed E-state index contributed by atoms with van der Waals surface area (Å²) in [6, 6.07) is 5.53. The van der Waals surface area contributed by atoms with Crippen LogP contribution in [0, 0.1) is 5.92 Å². The van der Waals surface area contributed by atoms with E-state index in [9.17, 15) is 14.7 Å². The number of rotatable bonds is 6. The van der Waals surface area contributed by atoms with Crippen LogP contribution in [0.25, 0.3) is 11.0 Å². The van der Waals surface area contributed by atoms with Gasteiger partial charge < -0.3 is 9.52 Å². The highest BCUT2D eigenvalue weighted by Crippen LogP contribution is 2.32. The lowest BCUT2D eigenvalue weighted by Gasteiger charge is -2.10. The molecule has 1 aliphatic carbocycles. The van der Waals surface area contributed by atoms with E-state index in [1.807, 2.05) is 13.0 Å². The Kier molecular flexibility index (Phi) is 4.51. The lowest BCUT2D eigenvalue weighted by atomic mass is 9.93. The van der Waals surface area contributed by atoms with Crippen molar-refractivity contribution in [2.24, 2.45) is 5.92 Å². The third kappa shape index (κ3) is 3.16. The topological polar surface area (TPSA) is 67.5 Å². The lowest BCUT2D eigenvalue weighted by Crippen LogP contribution is -2.17. The van der Waals surface area contributed by atoms with Gasteiger partial charge in [0.15, 0.2) is 5.78 Å². The Morgan fingerprint density at radius 1 is 1.26 bits per heavy atom. The Morgan fingerprint density at radius 3 is 2.78 bits per heavy atom. The Balaban J connectivity index is 1.85. The molecule has 1 aromatic heterocycles. The maximum Gasteiger partial charge on any atom is 0.306 e. The summed E-state index contributed by atoms with van der Waals surface area (Å²) in [7, 11) is 0. The number of fused-ring (bicyclic) bond motifs is 3. The summed E-state index contributed by atoms with van der Waals surface area (Å²) in [5.74, 6) is -0.574. The lowest BCUT2D eigenvalue weighted by molar-refractivity contribution is -0.141. The number of carbonyl (C=O) groups is 2. The fourth-order valence-electron chi connectivity index (χ4n) is 3.44. The first-order chi connectivity index (χ1) is 11.1. The first-order valence-electron chi connectivity index (χ1n) is 8.40. The summed E-state index contributed by atoms with van der Waals surface area (Å²) in [5.41, 5.74) is 2.58. The minimum absolute atomic E-state index is 0.0507. The zero-order valence-corrected chi connectivity index (χ0v) is 13.4. The van der Waals surface area contributed by atoms with Crippen molar-refractivity contribution in [3.8, 4) is 0 Å². The summed E-state index contributed by atoms with van der Waals surface area (Å²) >= 11 is 0. The molecule has 2 aromatic rings. The minimum atomic E-state index is -0.894. The maximum absolute atomic E-state index is 12.4. The molecule has 0 spiro atoms. The van der Waals surface area contributed by atoms with E-state index in [-0.39, 0.29) is 12.2 Å². The van der Waals surface area contributed by atoms with Gasteiger partial charge in [-0.3, -0.25) is 9.59 Å². The van der Waals surface area contributed by atoms with E-state index in [0.29, 0.717) is 12.0 Å². The van der Waals surface area contributed by atoms with Crippen LogP contribution in [0.4, 0.5) is 0 Å². The quantitative estimate of drug-likeness (QED) is 0.803. The van der Waals surface area contributed by atoms with Gasteiger partial charge in [-0.25, -0.2) is 0 Å². The standard InChI is InChI=1S/C19H22O4/c1-2-5-13(19(21)22)10-16(20)12-8-9-15-14-6-3-4-7-17(14)23-18(15)11-12/h8-9,11,13H,2-7,10H2,1H3,(H,21,22).